The number of nitriles is 1. The average Bonchev–Trinajstić information content (AvgIpc) is 2.36. The van der Waals surface area contributed by atoms with Crippen LogP contribution in [-0.4, -0.2) is 36.2 Å². The Bertz CT molecular complexity index is 518. The molecule has 0 radical (unpaired) electrons. The van der Waals surface area contributed by atoms with Gasteiger partial charge in [0.1, 0.15) is 12.3 Å². The lowest BCUT2D eigenvalue weighted by molar-refractivity contribution is -0.156. The summed E-state index contributed by atoms with van der Waals surface area (Å²) >= 11 is 0. The molecule has 0 fully saturated rings. The van der Waals surface area contributed by atoms with E-state index in [1.54, 1.807) is 43.9 Å². The summed E-state index contributed by atoms with van der Waals surface area (Å²) in [5.41, 5.74) is 0.857. The second-order valence-electron chi connectivity index (χ2n) is 5.80. The number of hydrogen-bond acceptors (Lipinski definition) is 4. The van der Waals surface area contributed by atoms with Gasteiger partial charge < -0.3 is 4.74 Å². The maximum Gasteiger partial charge on any atom is 0.320 e. The minimum Gasteiger partial charge on any atom is -0.459 e. The van der Waals surface area contributed by atoms with Crippen LogP contribution in [0.3, 0.4) is 0 Å². The van der Waals surface area contributed by atoms with Crippen molar-refractivity contribution in [3.05, 3.63) is 35.4 Å². The van der Waals surface area contributed by atoms with E-state index in [9.17, 15) is 9.18 Å². The molecule has 0 heterocycles. The topological polar surface area (TPSA) is 53.3 Å². The van der Waals surface area contributed by atoms with Crippen LogP contribution in [0.2, 0.25) is 0 Å². The van der Waals surface area contributed by atoms with E-state index in [2.05, 4.69) is 6.07 Å². The molecule has 0 aliphatic heterocycles. The molecule has 0 atom stereocenters. The van der Waals surface area contributed by atoms with Crippen molar-refractivity contribution in [1.29, 1.82) is 5.26 Å². The standard InChI is InChI=1S/C16H21FN2O2/c1-16(2,3)21-15(20)12-19(8-7-17)11-14-6-4-5-13(9-14)10-18/h4-6,9H,7-8,11-12H2,1-3H3. The van der Waals surface area contributed by atoms with Crippen LogP contribution in [0.15, 0.2) is 24.3 Å². The first-order chi connectivity index (χ1) is 9.84. The highest BCUT2D eigenvalue weighted by atomic mass is 19.1. The molecule has 0 N–H and O–H groups in total. The monoisotopic (exact) mass is 292 g/mol. The summed E-state index contributed by atoms with van der Waals surface area (Å²) in [6, 6.07) is 9.12. The summed E-state index contributed by atoms with van der Waals surface area (Å²) in [5, 5.41) is 8.87. The van der Waals surface area contributed by atoms with Crippen LogP contribution in [0.1, 0.15) is 31.9 Å². The summed E-state index contributed by atoms with van der Waals surface area (Å²) in [7, 11) is 0. The number of alkyl halides is 1. The third-order valence-corrected chi connectivity index (χ3v) is 2.64. The number of benzene rings is 1. The Balaban J connectivity index is 2.69. The second-order valence-corrected chi connectivity index (χ2v) is 5.80. The zero-order valence-corrected chi connectivity index (χ0v) is 12.7. The average molecular weight is 292 g/mol. The van der Waals surface area contributed by atoms with Gasteiger partial charge in [-0.25, -0.2) is 4.39 Å². The Kier molecular flexibility index (Phi) is 6.32. The third-order valence-electron chi connectivity index (χ3n) is 2.64. The lowest BCUT2D eigenvalue weighted by atomic mass is 10.1. The number of hydrogen-bond donors (Lipinski definition) is 0. The maximum atomic E-state index is 12.6. The van der Waals surface area contributed by atoms with Gasteiger partial charge in [0.2, 0.25) is 0 Å². The molecule has 0 bridgehead atoms. The molecule has 0 spiro atoms. The highest BCUT2D eigenvalue weighted by molar-refractivity contribution is 5.72. The van der Waals surface area contributed by atoms with Crippen molar-refractivity contribution in [3.63, 3.8) is 0 Å². The molecule has 0 amide bonds. The van der Waals surface area contributed by atoms with Crippen molar-refractivity contribution >= 4 is 5.97 Å². The van der Waals surface area contributed by atoms with Gasteiger partial charge in [0, 0.05) is 13.1 Å². The highest BCUT2D eigenvalue weighted by Gasteiger charge is 2.19. The van der Waals surface area contributed by atoms with E-state index in [0.29, 0.717) is 12.1 Å². The first-order valence-electron chi connectivity index (χ1n) is 6.83. The fourth-order valence-corrected chi connectivity index (χ4v) is 1.89. The Morgan fingerprint density at radius 1 is 1.43 bits per heavy atom. The van der Waals surface area contributed by atoms with E-state index in [0.717, 1.165) is 5.56 Å². The molecule has 0 aliphatic carbocycles. The quantitative estimate of drug-likeness (QED) is 0.756. The van der Waals surface area contributed by atoms with Gasteiger partial charge in [-0.05, 0) is 38.5 Å². The highest BCUT2D eigenvalue weighted by Crippen LogP contribution is 2.10. The molecule has 0 aromatic heterocycles. The van der Waals surface area contributed by atoms with Gasteiger partial charge in [-0.15, -0.1) is 0 Å². The summed E-state index contributed by atoms with van der Waals surface area (Å²) in [6.45, 7) is 5.41. The summed E-state index contributed by atoms with van der Waals surface area (Å²) in [6.07, 6.45) is 0. The van der Waals surface area contributed by atoms with Gasteiger partial charge in [-0.2, -0.15) is 5.26 Å². The number of ether oxygens (including phenoxy) is 1. The van der Waals surface area contributed by atoms with E-state index in [1.807, 2.05) is 6.07 Å². The van der Waals surface area contributed by atoms with Crippen LogP contribution < -0.4 is 0 Å². The van der Waals surface area contributed by atoms with Crippen LogP contribution in [0.25, 0.3) is 0 Å². The van der Waals surface area contributed by atoms with Crippen LogP contribution in [-0.2, 0) is 16.1 Å². The van der Waals surface area contributed by atoms with Crippen LogP contribution in [0.4, 0.5) is 4.39 Å². The van der Waals surface area contributed by atoms with Gasteiger partial charge in [0.15, 0.2) is 0 Å². The van der Waals surface area contributed by atoms with Gasteiger partial charge in [0.25, 0.3) is 0 Å². The van der Waals surface area contributed by atoms with Crippen molar-refractivity contribution in [1.82, 2.24) is 4.90 Å². The molecule has 5 heteroatoms. The van der Waals surface area contributed by atoms with E-state index in [4.69, 9.17) is 10.00 Å². The normalized spacial score (nSPS) is 11.2. The molecule has 4 nitrogen and oxygen atoms in total. The Labute approximate surface area is 125 Å². The Hall–Kier alpha value is -1.93. The molecular weight excluding hydrogens is 271 g/mol. The first-order valence-corrected chi connectivity index (χ1v) is 6.83. The molecule has 1 aromatic rings. The molecule has 0 aliphatic rings. The predicted octanol–water partition coefficient (Wildman–Crippen LogP) is 2.67. The summed E-state index contributed by atoms with van der Waals surface area (Å²) in [4.78, 5) is 13.5. The van der Waals surface area contributed by atoms with Crippen molar-refractivity contribution < 1.29 is 13.9 Å². The number of rotatable bonds is 6. The summed E-state index contributed by atoms with van der Waals surface area (Å²) in [5.74, 6) is -0.382. The lowest BCUT2D eigenvalue weighted by Crippen LogP contribution is -2.35. The van der Waals surface area contributed by atoms with Crippen molar-refractivity contribution in [2.75, 3.05) is 19.8 Å². The molecule has 1 rings (SSSR count). The van der Waals surface area contributed by atoms with E-state index >= 15 is 0 Å². The number of esters is 1. The minimum absolute atomic E-state index is 0.0258. The van der Waals surface area contributed by atoms with Gasteiger partial charge in [0.05, 0.1) is 18.2 Å². The maximum absolute atomic E-state index is 12.6. The van der Waals surface area contributed by atoms with Crippen LogP contribution >= 0.6 is 0 Å². The van der Waals surface area contributed by atoms with Gasteiger partial charge in [-0.1, -0.05) is 12.1 Å². The smallest absolute Gasteiger partial charge is 0.320 e. The number of nitrogens with zero attached hydrogens (tertiary/aromatic N) is 2. The van der Waals surface area contributed by atoms with E-state index in [-0.39, 0.29) is 19.1 Å². The fraction of sp³-hybridized carbons (Fsp3) is 0.500. The van der Waals surface area contributed by atoms with Crippen LogP contribution in [0.5, 0.6) is 0 Å². The number of carbonyl (C=O) groups is 1. The van der Waals surface area contributed by atoms with Crippen molar-refractivity contribution in [3.8, 4) is 6.07 Å². The molecular formula is C16H21FN2O2. The summed E-state index contributed by atoms with van der Waals surface area (Å²) < 4.78 is 17.9. The van der Waals surface area contributed by atoms with Gasteiger partial charge >= 0.3 is 5.97 Å². The molecule has 0 saturated carbocycles. The zero-order valence-electron chi connectivity index (χ0n) is 12.7. The molecule has 21 heavy (non-hydrogen) atoms. The van der Waals surface area contributed by atoms with Crippen molar-refractivity contribution in [2.45, 2.75) is 32.9 Å². The Morgan fingerprint density at radius 2 is 2.14 bits per heavy atom. The first kappa shape index (κ1) is 17.1. The van der Waals surface area contributed by atoms with E-state index in [1.165, 1.54) is 0 Å². The molecule has 0 unspecified atom stereocenters. The largest absolute Gasteiger partial charge is 0.459 e. The number of carbonyl (C=O) groups excluding carboxylic acids is 1. The lowest BCUT2D eigenvalue weighted by Gasteiger charge is -2.24. The fourth-order valence-electron chi connectivity index (χ4n) is 1.89. The molecule has 0 saturated heterocycles. The predicted molar refractivity (Wildman–Crippen MR) is 78.3 cm³/mol. The van der Waals surface area contributed by atoms with Crippen LogP contribution in [0, 0.1) is 11.3 Å². The van der Waals surface area contributed by atoms with Gasteiger partial charge in [-0.3, -0.25) is 9.69 Å². The minimum atomic E-state index is -0.556. The van der Waals surface area contributed by atoms with E-state index < -0.39 is 12.3 Å². The zero-order chi connectivity index (χ0) is 15.9. The molecule has 114 valence electrons. The molecule has 1 aromatic carbocycles. The van der Waals surface area contributed by atoms with Crippen molar-refractivity contribution in [2.24, 2.45) is 0 Å². The number of halogens is 1. The second kappa shape index (κ2) is 7.75. The SMILES string of the molecule is CC(C)(C)OC(=O)CN(CCF)Cc1cccc(C#N)c1. The third kappa shape index (κ3) is 6.87. The Morgan fingerprint density at radius 3 is 2.71 bits per heavy atom.